The summed E-state index contributed by atoms with van der Waals surface area (Å²) in [5, 5.41) is 21.9. The Morgan fingerprint density at radius 1 is 0.500 bits per heavy atom. The van der Waals surface area contributed by atoms with Gasteiger partial charge in [-0.15, -0.1) is 0 Å². The van der Waals surface area contributed by atoms with Crippen LogP contribution in [-0.2, 0) is 0 Å². The van der Waals surface area contributed by atoms with Crippen molar-refractivity contribution < 1.29 is 29.4 Å². The highest BCUT2D eigenvalue weighted by molar-refractivity contribution is 6.28. The first-order valence-electron chi connectivity index (χ1n) is 20.0. The normalized spacial score (nSPS) is 18.1. The van der Waals surface area contributed by atoms with Gasteiger partial charge < -0.3 is 24.9 Å². The van der Waals surface area contributed by atoms with Gasteiger partial charge in [0.2, 0.25) is 0 Å². The molecular formula is C43H51N7O6. The van der Waals surface area contributed by atoms with Crippen LogP contribution in [0.3, 0.4) is 0 Å². The van der Waals surface area contributed by atoms with E-state index in [-0.39, 0.29) is 49.9 Å². The molecule has 0 radical (unpaired) electrons. The maximum Gasteiger partial charge on any atom is 0.261 e. The van der Waals surface area contributed by atoms with Crippen LogP contribution in [-0.4, -0.2) is 170 Å². The van der Waals surface area contributed by atoms with Crippen LogP contribution < -0.4 is 9.80 Å². The van der Waals surface area contributed by atoms with Crippen molar-refractivity contribution in [3.8, 4) is 0 Å². The van der Waals surface area contributed by atoms with Crippen molar-refractivity contribution in [2.45, 2.75) is 12.8 Å². The Morgan fingerprint density at radius 2 is 0.875 bits per heavy atom. The third-order valence-corrected chi connectivity index (χ3v) is 12.0. The van der Waals surface area contributed by atoms with Crippen molar-refractivity contribution in [3.63, 3.8) is 0 Å². The van der Waals surface area contributed by atoms with Crippen LogP contribution in [0.25, 0.3) is 21.5 Å². The summed E-state index contributed by atoms with van der Waals surface area (Å²) in [5.74, 6) is -1.09. The molecule has 0 aromatic heterocycles. The lowest BCUT2D eigenvalue weighted by Crippen LogP contribution is -2.47. The van der Waals surface area contributed by atoms with Crippen molar-refractivity contribution in [2.24, 2.45) is 0 Å². The van der Waals surface area contributed by atoms with E-state index in [1.807, 2.05) is 67.7 Å². The molecule has 4 heterocycles. The number of aliphatic hydroxyl groups is 2. The molecule has 13 heteroatoms. The van der Waals surface area contributed by atoms with Crippen LogP contribution in [0.5, 0.6) is 0 Å². The first kappa shape index (κ1) is 38.0. The van der Waals surface area contributed by atoms with Gasteiger partial charge >= 0.3 is 0 Å². The molecule has 4 aromatic carbocycles. The average Bonchev–Trinajstić information content (AvgIpc) is 3.22. The smallest absolute Gasteiger partial charge is 0.261 e. The van der Waals surface area contributed by atoms with E-state index in [4.69, 9.17) is 0 Å². The van der Waals surface area contributed by atoms with Crippen molar-refractivity contribution in [2.75, 3.05) is 122 Å². The number of benzene rings is 4. The molecule has 4 aliphatic heterocycles. The fraction of sp³-hybridized carbons (Fsp3) is 0.442. The van der Waals surface area contributed by atoms with Crippen LogP contribution in [0, 0.1) is 0 Å². The summed E-state index contributed by atoms with van der Waals surface area (Å²) >= 11 is 0. The van der Waals surface area contributed by atoms with E-state index < -0.39 is 0 Å². The van der Waals surface area contributed by atoms with Crippen LogP contribution in [0.1, 0.15) is 54.3 Å². The Labute approximate surface area is 327 Å². The Kier molecular flexibility index (Phi) is 11.0. The molecule has 13 nitrogen and oxygen atoms in total. The number of rotatable bonds is 14. The number of β-amino-alcohol motifs (C(OH)–C–C–N with tert-alkyl or cyclic N) is 2. The second kappa shape index (κ2) is 16.3. The van der Waals surface area contributed by atoms with Gasteiger partial charge in [-0.3, -0.25) is 38.8 Å². The number of carbonyl (C=O) groups excluding carboxylic acids is 4. The van der Waals surface area contributed by atoms with Gasteiger partial charge in [0, 0.05) is 134 Å². The monoisotopic (exact) mass is 761 g/mol. The number of hydrogen-bond acceptors (Lipinski definition) is 11. The third-order valence-electron chi connectivity index (χ3n) is 12.0. The molecule has 0 aliphatic carbocycles. The van der Waals surface area contributed by atoms with Crippen LogP contribution in [0.2, 0.25) is 0 Å². The van der Waals surface area contributed by atoms with E-state index >= 15 is 0 Å². The third kappa shape index (κ3) is 7.03. The lowest BCUT2D eigenvalue weighted by atomic mass is 9.92. The predicted octanol–water partition coefficient (Wildman–Crippen LogP) is 2.83. The number of hydrogen-bond donors (Lipinski definition) is 2. The number of nitrogens with zero attached hydrogens (tertiary/aromatic N) is 7. The summed E-state index contributed by atoms with van der Waals surface area (Å²) in [6, 6.07) is 19.1. The first-order valence-corrected chi connectivity index (χ1v) is 20.0. The fourth-order valence-electron chi connectivity index (χ4n) is 9.04. The zero-order valence-corrected chi connectivity index (χ0v) is 32.2. The van der Waals surface area contributed by atoms with E-state index in [2.05, 4.69) is 24.5 Å². The Hall–Kier alpha value is -4.92. The molecule has 4 amide bonds. The highest BCUT2D eigenvalue weighted by Crippen LogP contribution is 2.38. The molecule has 56 heavy (non-hydrogen) atoms. The maximum absolute atomic E-state index is 13.8. The molecule has 0 unspecified atom stereocenters. The van der Waals surface area contributed by atoms with E-state index in [0.29, 0.717) is 61.3 Å². The molecule has 294 valence electrons. The topological polar surface area (TPSA) is 131 Å². The molecule has 4 aliphatic rings. The summed E-state index contributed by atoms with van der Waals surface area (Å²) < 4.78 is 0. The highest BCUT2D eigenvalue weighted by Gasteiger charge is 2.35. The summed E-state index contributed by atoms with van der Waals surface area (Å²) in [6.45, 7) is 10.1. The fourth-order valence-corrected chi connectivity index (χ4v) is 9.04. The Balaban J connectivity index is 0.859. The summed E-state index contributed by atoms with van der Waals surface area (Å²) in [5.41, 5.74) is 4.24. The molecule has 4 aromatic rings. The molecule has 0 bridgehead atoms. The molecule has 2 saturated heterocycles. The van der Waals surface area contributed by atoms with Crippen LogP contribution >= 0.6 is 0 Å². The largest absolute Gasteiger partial charge is 0.395 e. The van der Waals surface area contributed by atoms with Crippen molar-refractivity contribution in [1.82, 2.24) is 24.5 Å². The molecule has 0 atom stereocenters. The molecular weight excluding hydrogens is 711 g/mol. The van der Waals surface area contributed by atoms with Gasteiger partial charge in [-0.25, -0.2) is 0 Å². The molecule has 2 N–H and O–H groups in total. The maximum atomic E-state index is 13.8. The van der Waals surface area contributed by atoms with Crippen LogP contribution in [0.15, 0.2) is 60.7 Å². The Morgan fingerprint density at radius 3 is 1.25 bits per heavy atom. The molecule has 0 saturated carbocycles. The van der Waals surface area contributed by atoms with Gasteiger partial charge in [0.05, 0.1) is 13.2 Å². The van der Waals surface area contributed by atoms with Crippen molar-refractivity contribution in [1.29, 1.82) is 0 Å². The lowest BCUT2D eigenvalue weighted by molar-refractivity contribution is 0.0596. The van der Waals surface area contributed by atoms with E-state index in [9.17, 15) is 29.4 Å². The summed E-state index contributed by atoms with van der Waals surface area (Å²) in [7, 11) is 1.97. The van der Waals surface area contributed by atoms with E-state index in [1.165, 1.54) is 9.80 Å². The number of aliphatic hydroxyl groups excluding tert-OH is 2. The number of amides is 4. The quantitative estimate of drug-likeness (QED) is 0.184. The number of piperazine rings is 2. The number of carbonyl (C=O) groups is 4. The van der Waals surface area contributed by atoms with Gasteiger partial charge in [-0.05, 0) is 69.4 Å². The van der Waals surface area contributed by atoms with Gasteiger partial charge in [0.1, 0.15) is 0 Å². The van der Waals surface area contributed by atoms with Gasteiger partial charge in [0.15, 0.2) is 0 Å². The van der Waals surface area contributed by atoms with E-state index in [0.717, 1.165) is 85.3 Å². The number of imide groups is 2. The molecule has 0 spiro atoms. The highest BCUT2D eigenvalue weighted by atomic mass is 16.3. The zero-order valence-electron chi connectivity index (χ0n) is 32.2. The standard InChI is InChI=1S/C43H51N7O6/c1-44(14-4-16-49-40(53)32-8-2-6-30-36(12-10-34(38(30)32)42(49)55)47-22-18-45(19-23-47)26-28-51)15-5-17-50-41(54)33-9-3-7-31-37(13-11-35(39(31)33)43(50)56)48-24-20-46(21-25-48)27-29-52/h2-3,6-13,51-52H,4-5,14-29H2,1H3. The van der Waals surface area contributed by atoms with Gasteiger partial charge in [-0.2, -0.15) is 0 Å². The molecule has 2 fully saturated rings. The Bertz CT molecular complexity index is 1960. The molecule has 8 rings (SSSR count). The average molecular weight is 762 g/mol. The minimum atomic E-state index is -0.272. The minimum Gasteiger partial charge on any atom is -0.395 e. The number of anilines is 2. The second-order valence-electron chi connectivity index (χ2n) is 15.4. The predicted molar refractivity (Wildman–Crippen MR) is 217 cm³/mol. The minimum absolute atomic E-state index is 0.142. The van der Waals surface area contributed by atoms with Crippen LogP contribution in [0.4, 0.5) is 11.4 Å². The SMILES string of the molecule is CN(CCCN1C(=O)c2cccc3c(N4CCN(CCO)CC4)ccc(c23)C1=O)CCCN1C(=O)c2cccc3c(N4CCN(CCO)CC4)ccc(c23)C1=O. The van der Waals surface area contributed by atoms with Crippen molar-refractivity contribution >= 4 is 56.5 Å². The lowest BCUT2D eigenvalue weighted by Gasteiger charge is -2.37. The second-order valence-corrected chi connectivity index (χ2v) is 15.4. The van der Waals surface area contributed by atoms with Crippen molar-refractivity contribution in [3.05, 3.63) is 82.9 Å². The first-order chi connectivity index (χ1) is 27.3. The van der Waals surface area contributed by atoms with Gasteiger partial charge in [0.25, 0.3) is 23.6 Å². The van der Waals surface area contributed by atoms with E-state index in [1.54, 1.807) is 0 Å². The summed E-state index contributed by atoms with van der Waals surface area (Å²) in [4.78, 5) is 68.9. The summed E-state index contributed by atoms with van der Waals surface area (Å²) in [6.07, 6.45) is 1.18. The zero-order chi connectivity index (χ0) is 38.9. The van der Waals surface area contributed by atoms with Gasteiger partial charge in [-0.1, -0.05) is 24.3 Å².